The molecule has 0 spiro atoms. The van der Waals surface area contributed by atoms with E-state index < -0.39 is 0 Å². The van der Waals surface area contributed by atoms with E-state index in [0.717, 1.165) is 38.0 Å². The molecule has 0 aliphatic heterocycles. The van der Waals surface area contributed by atoms with Gasteiger partial charge in [-0.05, 0) is 19.3 Å². The molecule has 0 atom stereocenters. The van der Waals surface area contributed by atoms with Gasteiger partial charge in [0.15, 0.2) is 0 Å². The van der Waals surface area contributed by atoms with Crippen molar-refractivity contribution in [3.63, 3.8) is 0 Å². The Morgan fingerprint density at radius 1 is 1.20 bits per heavy atom. The molecule has 1 saturated carbocycles. The molecule has 1 aliphatic carbocycles. The van der Waals surface area contributed by atoms with Crippen molar-refractivity contribution in [2.45, 2.75) is 44.6 Å². The highest BCUT2D eigenvalue weighted by Gasteiger charge is 2.19. The van der Waals surface area contributed by atoms with E-state index in [9.17, 15) is 0 Å². The fraction of sp³-hybridized carbons (Fsp3) is 1.00. The van der Waals surface area contributed by atoms with Crippen LogP contribution in [0.3, 0.4) is 0 Å². The summed E-state index contributed by atoms with van der Waals surface area (Å²) >= 11 is 5.86. The highest BCUT2D eigenvalue weighted by molar-refractivity contribution is 6.18. The van der Waals surface area contributed by atoms with Crippen LogP contribution in [0.4, 0.5) is 0 Å². The van der Waals surface area contributed by atoms with E-state index in [-0.39, 0.29) is 0 Å². The van der Waals surface area contributed by atoms with Crippen molar-refractivity contribution in [1.29, 1.82) is 0 Å². The van der Waals surface area contributed by atoms with Crippen LogP contribution in [-0.4, -0.2) is 43.6 Å². The summed E-state index contributed by atoms with van der Waals surface area (Å²) in [7, 11) is 1.77. The lowest BCUT2D eigenvalue weighted by Crippen LogP contribution is -2.39. The van der Waals surface area contributed by atoms with Gasteiger partial charge < -0.3 is 4.74 Å². The Balaban J connectivity index is 2.26. The molecule has 0 heterocycles. The Morgan fingerprint density at radius 3 is 2.53 bits per heavy atom. The predicted octanol–water partition coefficient (Wildman–Crippen LogP) is 2.90. The lowest BCUT2D eigenvalue weighted by molar-refractivity contribution is 0.134. The Hall–Kier alpha value is 0.210. The monoisotopic (exact) mass is 233 g/mol. The number of hydrogen-bond acceptors (Lipinski definition) is 2. The lowest BCUT2D eigenvalue weighted by Gasteiger charge is -2.33. The summed E-state index contributed by atoms with van der Waals surface area (Å²) in [5.74, 6) is 0.753. The number of alkyl halides is 1. The molecule has 0 radical (unpaired) electrons. The maximum absolute atomic E-state index is 5.86. The third kappa shape index (κ3) is 5.19. The molecule has 3 heteroatoms. The van der Waals surface area contributed by atoms with Crippen molar-refractivity contribution in [2.24, 2.45) is 0 Å². The SMILES string of the molecule is COCCCN(CCCl)C1CCCCC1. The smallest absolute Gasteiger partial charge is 0.0474 e. The molecule has 0 amide bonds. The van der Waals surface area contributed by atoms with Crippen molar-refractivity contribution in [2.75, 3.05) is 32.7 Å². The second-order valence-corrected chi connectivity index (χ2v) is 4.74. The normalized spacial score (nSPS) is 18.6. The van der Waals surface area contributed by atoms with Crippen LogP contribution in [0.5, 0.6) is 0 Å². The molecule has 1 fully saturated rings. The summed E-state index contributed by atoms with van der Waals surface area (Å²) in [6, 6.07) is 0.786. The highest BCUT2D eigenvalue weighted by Crippen LogP contribution is 2.22. The first kappa shape index (κ1) is 13.3. The van der Waals surface area contributed by atoms with E-state index in [1.807, 2.05) is 0 Å². The van der Waals surface area contributed by atoms with E-state index in [1.165, 1.54) is 32.1 Å². The molecule has 0 aromatic heterocycles. The number of ether oxygens (including phenoxy) is 1. The fourth-order valence-corrected chi connectivity index (χ4v) is 2.66. The van der Waals surface area contributed by atoms with Gasteiger partial charge >= 0.3 is 0 Å². The average Bonchev–Trinajstić information content (AvgIpc) is 2.29. The van der Waals surface area contributed by atoms with Gasteiger partial charge in [0.2, 0.25) is 0 Å². The molecule has 0 aromatic rings. The van der Waals surface area contributed by atoms with Crippen molar-refractivity contribution in [3.8, 4) is 0 Å². The van der Waals surface area contributed by atoms with Crippen LogP contribution in [-0.2, 0) is 4.74 Å². The topological polar surface area (TPSA) is 12.5 Å². The lowest BCUT2D eigenvalue weighted by atomic mass is 9.94. The zero-order valence-corrected chi connectivity index (χ0v) is 10.6. The Bertz CT molecular complexity index is 149. The largest absolute Gasteiger partial charge is 0.385 e. The number of rotatable bonds is 7. The maximum atomic E-state index is 5.86. The highest BCUT2D eigenvalue weighted by atomic mass is 35.5. The van der Waals surface area contributed by atoms with Crippen molar-refractivity contribution >= 4 is 11.6 Å². The van der Waals surface area contributed by atoms with E-state index in [1.54, 1.807) is 7.11 Å². The standard InChI is InChI=1S/C12H24ClNO/c1-15-11-5-9-14(10-8-13)12-6-3-2-4-7-12/h12H,2-11H2,1H3. The van der Waals surface area contributed by atoms with Gasteiger partial charge in [-0.3, -0.25) is 4.90 Å². The van der Waals surface area contributed by atoms with Crippen LogP contribution in [0.25, 0.3) is 0 Å². The minimum Gasteiger partial charge on any atom is -0.385 e. The minimum absolute atomic E-state index is 0.753. The fourth-order valence-electron chi connectivity index (χ4n) is 2.44. The van der Waals surface area contributed by atoms with Crippen molar-refractivity contribution < 1.29 is 4.74 Å². The van der Waals surface area contributed by atoms with Gasteiger partial charge in [0.25, 0.3) is 0 Å². The zero-order chi connectivity index (χ0) is 10.9. The second-order valence-electron chi connectivity index (χ2n) is 4.36. The van der Waals surface area contributed by atoms with Gasteiger partial charge in [-0.25, -0.2) is 0 Å². The number of methoxy groups -OCH3 is 1. The average molecular weight is 234 g/mol. The number of hydrogen-bond donors (Lipinski definition) is 0. The molecule has 2 nitrogen and oxygen atoms in total. The summed E-state index contributed by atoms with van der Waals surface area (Å²) < 4.78 is 5.10. The Morgan fingerprint density at radius 2 is 1.93 bits per heavy atom. The van der Waals surface area contributed by atoms with Crippen LogP contribution in [0.15, 0.2) is 0 Å². The van der Waals surface area contributed by atoms with Gasteiger partial charge in [-0.2, -0.15) is 0 Å². The summed E-state index contributed by atoms with van der Waals surface area (Å²) in [5.41, 5.74) is 0. The molecule has 0 unspecified atom stereocenters. The molecule has 90 valence electrons. The van der Waals surface area contributed by atoms with E-state index in [4.69, 9.17) is 16.3 Å². The molecule has 0 aromatic carbocycles. The first-order chi connectivity index (χ1) is 7.38. The van der Waals surface area contributed by atoms with Crippen molar-refractivity contribution in [3.05, 3.63) is 0 Å². The molecule has 1 aliphatic rings. The van der Waals surface area contributed by atoms with Crippen LogP contribution >= 0.6 is 11.6 Å². The molecule has 15 heavy (non-hydrogen) atoms. The number of nitrogens with zero attached hydrogens (tertiary/aromatic N) is 1. The Labute approximate surface area is 98.9 Å². The molecular formula is C12H24ClNO. The van der Waals surface area contributed by atoms with Gasteiger partial charge in [-0.1, -0.05) is 19.3 Å². The quantitative estimate of drug-likeness (QED) is 0.495. The van der Waals surface area contributed by atoms with Gasteiger partial charge in [0.1, 0.15) is 0 Å². The predicted molar refractivity (Wildman–Crippen MR) is 65.7 cm³/mol. The first-order valence-electron chi connectivity index (χ1n) is 6.17. The first-order valence-corrected chi connectivity index (χ1v) is 6.71. The van der Waals surface area contributed by atoms with Gasteiger partial charge in [-0.15, -0.1) is 11.6 Å². The van der Waals surface area contributed by atoms with E-state index in [2.05, 4.69) is 4.90 Å². The van der Waals surface area contributed by atoms with Gasteiger partial charge in [0, 0.05) is 38.7 Å². The van der Waals surface area contributed by atoms with Crippen LogP contribution in [0.2, 0.25) is 0 Å². The van der Waals surface area contributed by atoms with Crippen LogP contribution in [0, 0.1) is 0 Å². The van der Waals surface area contributed by atoms with Crippen molar-refractivity contribution in [1.82, 2.24) is 4.90 Å². The molecule has 0 bridgehead atoms. The molecule has 0 saturated heterocycles. The van der Waals surface area contributed by atoms with Crippen LogP contribution < -0.4 is 0 Å². The minimum atomic E-state index is 0.753. The van der Waals surface area contributed by atoms with Crippen LogP contribution in [0.1, 0.15) is 38.5 Å². The molecule has 0 N–H and O–H groups in total. The summed E-state index contributed by atoms with van der Waals surface area (Å²) in [5, 5.41) is 0. The Kier molecular flexibility index (Phi) is 7.41. The summed E-state index contributed by atoms with van der Waals surface area (Å²) in [6.07, 6.45) is 8.07. The summed E-state index contributed by atoms with van der Waals surface area (Å²) in [4.78, 5) is 2.56. The van der Waals surface area contributed by atoms with E-state index >= 15 is 0 Å². The third-order valence-corrected chi connectivity index (χ3v) is 3.43. The number of halogens is 1. The second kappa shape index (κ2) is 8.37. The maximum Gasteiger partial charge on any atom is 0.0474 e. The van der Waals surface area contributed by atoms with E-state index in [0.29, 0.717) is 0 Å². The molecular weight excluding hydrogens is 210 g/mol. The van der Waals surface area contributed by atoms with Gasteiger partial charge in [0.05, 0.1) is 0 Å². The zero-order valence-electron chi connectivity index (χ0n) is 9.88. The third-order valence-electron chi connectivity index (χ3n) is 3.26. The molecule has 1 rings (SSSR count). The summed E-state index contributed by atoms with van der Waals surface area (Å²) in [6.45, 7) is 3.05.